The number of benzene rings is 1. The number of para-hydroxylation sites is 1. The molecule has 1 aromatic carbocycles. The molecule has 1 aromatic heterocycles. The van der Waals surface area contributed by atoms with Crippen LogP contribution >= 0.6 is 15.9 Å². The zero-order chi connectivity index (χ0) is 12.1. The topological polar surface area (TPSA) is 45.9 Å². The summed E-state index contributed by atoms with van der Waals surface area (Å²) in [5, 5.41) is 8.91. The molecule has 0 bridgehead atoms. The lowest BCUT2D eigenvalue weighted by atomic mass is 10.2. The minimum atomic E-state index is 0.394. The van der Waals surface area contributed by atoms with Crippen molar-refractivity contribution >= 4 is 15.9 Å². The number of hydrogen-bond acceptors (Lipinski definition) is 3. The van der Waals surface area contributed by atoms with Crippen LogP contribution in [0.2, 0.25) is 0 Å². The van der Waals surface area contributed by atoms with Crippen molar-refractivity contribution in [1.82, 2.24) is 4.98 Å². The molecule has 0 fully saturated rings. The van der Waals surface area contributed by atoms with E-state index in [-0.39, 0.29) is 0 Å². The van der Waals surface area contributed by atoms with Gasteiger partial charge in [-0.15, -0.1) is 0 Å². The molecule has 0 N–H and O–H groups in total. The molecule has 0 unspecified atom stereocenters. The van der Waals surface area contributed by atoms with Crippen LogP contribution in [0.1, 0.15) is 11.1 Å². The van der Waals surface area contributed by atoms with Gasteiger partial charge in [-0.3, -0.25) is 4.98 Å². The van der Waals surface area contributed by atoms with Gasteiger partial charge in [0.2, 0.25) is 0 Å². The van der Waals surface area contributed by atoms with E-state index in [4.69, 9.17) is 10.00 Å². The summed E-state index contributed by atoms with van der Waals surface area (Å²) in [7, 11) is 0. The Morgan fingerprint density at radius 1 is 1.29 bits per heavy atom. The van der Waals surface area contributed by atoms with E-state index in [2.05, 4.69) is 27.0 Å². The Morgan fingerprint density at radius 3 is 2.88 bits per heavy atom. The van der Waals surface area contributed by atoms with Crippen LogP contribution < -0.4 is 4.74 Å². The lowest BCUT2D eigenvalue weighted by Crippen LogP contribution is -1.97. The lowest BCUT2D eigenvalue weighted by Gasteiger charge is -2.07. The molecular formula is C13H9BrN2O. The highest BCUT2D eigenvalue weighted by atomic mass is 79.9. The molecule has 0 amide bonds. The molecule has 0 saturated heterocycles. The van der Waals surface area contributed by atoms with E-state index in [1.54, 1.807) is 24.5 Å². The number of aromatic nitrogens is 1. The van der Waals surface area contributed by atoms with Crippen LogP contribution in [0, 0.1) is 11.3 Å². The molecule has 1 heterocycles. The summed E-state index contributed by atoms with van der Waals surface area (Å²) in [5.74, 6) is 0.593. The second-order valence-electron chi connectivity index (χ2n) is 3.41. The van der Waals surface area contributed by atoms with Crippen molar-refractivity contribution in [3.8, 4) is 11.8 Å². The Labute approximate surface area is 108 Å². The molecule has 17 heavy (non-hydrogen) atoms. The van der Waals surface area contributed by atoms with E-state index in [1.807, 2.05) is 18.2 Å². The van der Waals surface area contributed by atoms with Gasteiger partial charge in [0, 0.05) is 22.4 Å². The summed E-state index contributed by atoms with van der Waals surface area (Å²) >= 11 is 3.35. The fourth-order valence-electron chi connectivity index (χ4n) is 1.38. The number of pyridine rings is 1. The molecule has 2 rings (SSSR count). The summed E-state index contributed by atoms with van der Waals surface area (Å²) in [6.45, 7) is 0.394. The first-order valence-corrected chi connectivity index (χ1v) is 5.80. The van der Waals surface area contributed by atoms with Crippen LogP contribution in [-0.2, 0) is 6.61 Å². The SMILES string of the molecule is N#Cc1ccccc1OCc1cncc(Br)c1. The summed E-state index contributed by atoms with van der Waals surface area (Å²) in [4.78, 5) is 4.05. The Morgan fingerprint density at radius 2 is 2.12 bits per heavy atom. The number of ether oxygens (including phenoxy) is 1. The van der Waals surface area contributed by atoms with E-state index in [0.29, 0.717) is 17.9 Å². The highest BCUT2D eigenvalue weighted by Crippen LogP contribution is 2.18. The number of rotatable bonds is 3. The third-order valence-corrected chi connectivity index (χ3v) is 2.60. The maximum absolute atomic E-state index is 8.91. The first kappa shape index (κ1) is 11.6. The molecule has 2 aromatic rings. The highest BCUT2D eigenvalue weighted by Gasteiger charge is 2.02. The van der Waals surface area contributed by atoms with Gasteiger partial charge in [0.05, 0.1) is 5.56 Å². The third-order valence-electron chi connectivity index (χ3n) is 2.16. The van der Waals surface area contributed by atoms with Gasteiger partial charge >= 0.3 is 0 Å². The van der Waals surface area contributed by atoms with Crippen molar-refractivity contribution in [2.45, 2.75) is 6.61 Å². The van der Waals surface area contributed by atoms with Gasteiger partial charge < -0.3 is 4.74 Å². The molecule has 4 heteroatoms. The van der Waals surface area contributed by atoms with Crippen molar-refractivity contribution in [3.05, 3.63) is 58.3 Å². The van der Waals surface area contributed by atoms with Crippen molar-refractivity contribution in [3.63, 3.8) is 0 Å². The van der Waals surface area contributed by atoms with Crippen LogP contribution in [0.5, 0.6) is 5.75 Å². The Bertz CT molecular complexity index is 563. The minimum Gasteiger partial charge on any atom is -0.487 e. The predicted molar refractivity (Wildman–Crippen MR) is 67.4 cm³/mol. The van der Waals surface area contributed by atoms with E-state index >= 15 is 0 Å². The van der Waals surface area contributed by atoms with Crippen molar-refractivity contribution < 1.29 is 4.74 Å². The van der Waals surface area contributed by atoms with Gasteiger partial charge in [0.15, 0.2) is 0 Å². The summed E-state index contributed by atoms with van der Waals surface area (Å²) in [5.41, 5.74) is 1.49. The molecule has 0 atom stereocenters. The molecule has 0 spiro atoms. The molecular weight excluding hydrogens is 280 g/mol. The zero-order valence-corrected chi connectivity index (χ0v) is 10.5. The van der Waals surface area contributed by atoms with E-state index in [0.717, 1.165) is 10.0 Å². The Balaban J connectivity index is 2.10. The standard InChI is InChI=1S/C13H9BrN2O/c14-12-5-10(7-16-8-12)9-17-13-4-2-1-3-11(13)6-15/h1-5,7-8H,9H2. The largest absolute Gasteiger partial charge is 0.487 e. The maximum atomic E-state index is 8.91. The quantitative estimate of drug-likeness (QED) is 0.871. The van der Waals surface area contributed by atoms with Gasteiger partial charge in [-0.2, -0.15) is 5.26 Å². The van der Waals surface area contributed by atoms with Crippen LogP contribution in [0.15, 0.2) is 47.2 Å². The third kappa shape index (κ3) is 3.05. The second kappa shape index (κ2) is 5.46. The Kier molecular flexibility index (Phi) is 3.73. The van der Waals surface area contributed by atoms with Crippen LogP contribution in [0.25, 0.3) is 0 Å². The summed E-state index contributed by atoms with van der Waals surface area (Å²) in [6, 6.07) is 11.2. The monoisotopic (exact) mass is 288 g/mol. The minimum absolute atomic E-state index is 0.394. The molecule has 0 saturated carbocycles. The number of nitriles is 1. The number of nitrogens with zero attached hydrogens (tertiary/aromatic N) is 2. The average Bonchev–Trinajstić information content (AvgIpc) is 2.37. The van der Waals surface area contributed by atoms with Gasteiger partial charge in [-0.25, -0.2) is 0 Å². The smallest absolute Gasteiger partial charge is 0.137 e. The predicted octanol–water partition coefficient (Wildman–Crippen LogP) is 3.29. The van der Waals surface area contributed by atoms with Crippen molar-refractivity contribution in [1.29, 1.82) is 5.26 Å². The molecule has 3 nitrogen and oxygen atoms in total. The summed E-state index contributed by atoms with van der Waals surface area (Å²) < 4.78 is 6.50. The van der Waals surface area contributed by atoms with Gasteiger partial charge in [-0.05, 0) is 34.1 Å². The van der Waals surface area contributed by atoms with E-state index in [9.17, 15) is 0 Å². The van der Waals surface area contributed by atoms with Gasteiger partial charge in [0.25, 0.3) is 0 Å². The van der Waals surface area contributed by atoms with Crippen molar-refractivity contribution in [2.75, 3.05) is 0 Å². The van der Waals surface area contributed by atoms with E-state index in [1.165, 1.54) is 0 Å². The van der Waals surface area contributed by atoms with Gasteiger partial charge in [0.1, 0.15) is 18.4 Å². The summed E-state index contributed by atoms with van der Waals surface area (Å²) in [6.07, 6.45) is 3.45. The normalized spacial score (nSPS) is 9.65. The first-order chi connectivity index (χ1) is 8.29. The second-order valence-corrected chi connectivity index (χ2v) is 4.32. The molecule has 0 aliphatic rings. The molecule has 0 aliphatic carbocycles. The average molecular weight is 289 g/mol. The maximum Gasteiger partial charge on any atom is 0.137 e. The van der Waals surface area contributed by atoms with E-state index < -0.39 is 0 Å². The molecule has 84 valence electrons. The molecule has 0 radical (unpaired) electrons. The number of hydrogen-bond donors (Lipinski definition) is 0. The fraction of sp³-hybridized carbons (Fsp3) is 0.0769. The van der Waals surface area contributed by atoms with Crippen LogP contribution in [-0.4, -0.2) is 4.98 Å². The Hall–Kier alpha value is -1.86. The zero-order valence-electron chi connectivity index (χ0n) is 8.93. The fourth-order valence-corrected chi connectivity index (χ4v) is 1.79. The van der Waals surface area contributed by atoms with Crippen molar-refractivity contribution in [2.24, 2.45) is 0 Å². The first-order valence-electron chi connectivity index (χ1n) is 5.01. The lowest BCUT2D eigenvalue weighted by molar-refractivity contribution is 0.305. The molecule has 0 aliphatic heterocycles. The van der Waals surface area contributed by atoms with Crippen LogP contribution in [0.3, 0.4) is 0 Å². The highest BCUT2D eigenvalue weighted by molar-refractivity contribution is 9.10. The van der Waals surface area contributed by atoms with Gasteiger partial charge in [-0.1, -0.05) is 12.1 Å². The van der Waals surface area contributed by atoms with Crippen LogP contribution in [0.4, 0.5) is 0 Å². The number of halogens is 1.